The van der Waals surface area contributed by atoms with Gasteiger partial charge in [0.1, 0.15) is 11.6 Å². The minimum Gasteiger partial charge on any atom is -0.327 e. The Bertz CT molecular complexity index is 486. The molecule has 0 saturated carbocycles. The molecule has 0 bridgehead atoms. The van der Waals surface area contributed by atoms with Gasteiger partial charge >= 0.3 is 0 Å². The summed E-state index contributed by atoms with van der Waals surface area (Å²) >= 11 is 2.94. The molecule has 1 aromatic carbocycles. The van der Waals surface area contributed by atoms with Crippen molar-refractivity contribution in [2.24, 2.45) is 11.1 Å². The predicted octanol–water partition coefficient (Wildman–Crippen LogP) is 3.43. The first-order valence-electron chi connectivity index (χ1n) is 5.81. The van der Waals surface area contributed by atoms with Crippen LogP contribution >= 0.6 is 15.9 Å². The number of halogens is 3. The third kappa shape index (κ3) is 4.54. The van der Waals surface area contributed by atoms with Crippen LogP contribution in [0, 0.1) is 17.0 Å². The monoisotopic (exact) mass is 334 g/mol. The van der Waals surface area contributed by atoms with Crippen LogP contribution in [0.1, 0.15) is 27.2 Å². The molecule has 0 aliphatic heterocycles. The Morgan fingerprint density at radius 1 is 1.37 bits per heavy atom. The van der Waals surface area contributed by atoms with Crippen LogP contribution in [0.25, 0.3) is 0 Å². The molecule has 6 heteroatoms. The van der Waals surface area contributed by atoms with Crippen LogP contribution in [0.5, 0.6) is 0 Å². The molecule has 1 unspecified atom stereocenters. The lowest BCUT2D eigenvalue weighted by Crippen LogP contribution is -2.38. The summed E-state index contributed by atoms with van der Waals surface area (Å²) in [5, 5.41) is 2.39. The Hall–Kier alpha value is -1.01. The van der Waals surface area contributed by atoms with E-state index in [0.29, 0.717) is 6.07 Å². The summed E-state index contributed by atoms with van der Waals surface area (Å²) in [6.45, 7) is 5.75. The summed E-state index contributed by atoms with van der Waals surface area (Å²) < 4.78 is 26.6. The van der Waals surface area contributed by atoms with Crippen LogP contribution in [-0.2, 0) is 4.79 Å². The first-order valence-corrected chi connectivity index (χ1v) is 6.60. The molecule has 19 heavy (non-hydrogen) atoms. The highest BCUT2D eigenvalue weighted by Crippen LogP contribution is 2.25. The molecule has 3 N–H and O–H groups in total. The third-order valence-corrected chi connectivity index (χ3v) is 3.41. The van der Waals surface area contributed by atoms with E-state index in [1.807, 2.05) is 20.8 Å². The number of hydrogen-bond acceptors (Lipinski definition) is 2. The highest BCUT2D eigenvalue weighted by molar-refractivity contribution is 9.10. The second-order valence-electron chi connectivity index (χ2n) is 5.47. The number of rotatable bonds is 3. The Kier molecular flexibility index (Phi) is 5.04. The van der Waals surface area contributed by atoms with Crippen LogP contribution in [0.2, 0.25) is 0 Å². The van der Waals surface area contributed by atoms with Crippen molar-refractivity contribution in [2.75, 3.05) is 5.32 Å². The predicted molar refractivity (Wildman–Crippen MR) is 74.7 cm³/mol. The maximum absolute atomic E-state index is 13.5. The second kappa shape index (κ2) is 5.96. The zero-order valence-corrected chi connectivity index (χ0v) is 12.6. The smallest absolute Gasteiger partial charge is 0.226 e. The Morgan fingerprint density at radius 2 is 1.95 bits per heavy atom. The molecule has 106 valence electrons. The number of nitrogens with two attached hydrogens (primary N) is 1. The largest absolute Gasteiger partial charge is 0.327 e. The van der Waals surface area contributed by atoms with Crippen molar-refractivity contribution in [3.8, 4) is 0 Å². The molecule has 1 rings (SSSR count). The zero-order valence-electron chi connectivity index (χ0n) is 11.1. The van der Waals surface area contributed by atoms with E-state index in [1.54, 1.807) is 0 Å². The van der Waals surface area contributed by atoms with E-state index in [-0.39, 0.29) is 28.0 Å². The van der Waals surface area contributed by atoms with E-state index in [2.05, 4.69) is 21.2 Å². The molecule has 1 amide bonds. The molecule has 0 spiro atoms. The van der Waals surface area contributed by atoms with E-state index in [9.17, 15) is 13.6 Å². The highest BCUT2D eigenvalue weighted by atomic mass is 79.9. The molecule has 0 saturated heterocycles. The molecule has 0 aliphatic carbocycles. The highest BCUT2D eigenvalue weighted by Gasteiger charge is 2.23. The molecule has 1 atom stereocenters. The van der Waals surface area contributed by atoms with E-state index < -0.39 is 17.5 Å². The number of benzene rings is 1. The Balaban J connectivity index is 2.76. The molecule has 0 aromatic heterocycles. The molecular weight excluding hydrogens is 318 g/mol. The van der Waals surface area contributed by atoms with Crippen LogP contribution < -0.4 is 11.1 Å². The summed E-state index contributed by atoms with van der Waals surface area (Å²) in [5.74, 6) is -1.94. The van der Waals surface area contributed by atoms with Gasteiger partial charge in [0.05, 0.1) is 10.2 Å². The second-order valence-corrected chi connectivity index (χ2v) is 6.33. The summed E-state index contributed by atoms with van der Waals surface area (Å²) in [6.07, 6.45) is 0.0674. The molecule has 3 nitrogen and oxygen atoms in total. The van der Waals surface area contributed by atoms with Gasteiger partial charge in [0, 0.05) is 18.5 Å². The number of hydrogen-bond donors (Lipinski definition) is 2. The molecule has 0 aliphatic rings. The molecular formula is C13H17BrF2N2O. The van der Waals surface area contributed by atoms with Gasteiger partial charge in [0.15, 0.2) is 0 Å². The van der Waals surface area contributed by atoms with Crippen molar-refractivity contribution < 1.29 is 13.6 Å². The number of anilines is 1. The van der Waals surface area contributed by atoms with Gasteiger partial charge in [-0.05, 0) is 27.4 Å². The Morgan fingerprint density at radius 3 is 2.47 bits per heavy atom. The Labute approximate surface area is 119 Å². The van der Waals surface area contributed by atoms with Crippen LogP contribution in [-0.4, -0.2) is 11.9 Å². The molecule has 0 fully saturated rings. The fraction of sp³-hybridized carbons (Fsp3) is 0.462. The van der Waals surface area contributed by atoms with Crippen molar-refractivity contribution in [3.05, 3.63) is 28.2 Å². The van der Waals surface area contributed by atoms with Gasteiger partial charge in [-0.2, -0.15) is 0 Å². The van der Waals surface area contributed by atoms with E-state index in [1.165, 1.54) is 6.07 Å². The minimum atomic E-state index is -0.821. The zero-order chi connectivity index (χ0) is 14.8. The third-order valence-electron chi connectivity index (χ3n) is 2.80. The average molecular weight is 335 g/mol. The number of carbonyl (C=O) groups excluding carboxylic acids is 1. The van der Waals surface area contributed by atoms with Crippen molar-refractivity contribution in [1.82, 2.24) is 0 Å². The van der Waals surface area contributed by atoms with Gasteiger partial charge in [-0.1, -0.05) is 20.8 Å². The maximum atomic E-state index is 13.5. The van der Waals surface area contributed by atoms with Crippen molar-refractivity contribution in [1.29, 1.82) is 0 Å². The SMILES string of the molecule is CC(C)(C)C(N)CC(=O)Nc1cc(Br)c(F)cc1F. The van der Waals surface area contributed by atoms with Gasteiger partial charge < -0.3 is 11.1 Å². The minimum absolute atomic E-state index is 0.0674. The average Bonchev–Trinajstić information content (AvgIpc) is 2.24. The van der Waals surface area contributed by atoms with Crippen LogP contribution in [0.15, 0.2) is 16.6 Å². The lowest BCUT2D eigenvalue weighted by atomic mass is 9.85. The van der Waals surface area contributed by atoms with Crippen LogP contribution in [0.4, 0.5) is 14.5 Å². The summed E-state index contributed by atoms with van der Waals surface area (Å²) in [5.41, 5.74) is 5.58. The summed E-state index contributed by atoms with van der Waals surface area (Å²) in [7, 11) is 0. The topological polar surface area (TPSA) is 55.1 Å². The first-order chi connectivity index (χ1) is 8.61. The van der Waals surface area contributed by atoms with Crippen molar-refractivity contribution in [3.63, 3.8) is 0 Å². The van der Waals surface area contributed by atoms with E-state index in [0.717, 1.165) is 0 Å². The normalized spacial score (nSPS) is 13.2. The van der Waals surface area contributed by atoms with Crippen molar-refractivity contribution in [2.45, 2.75) is 33.2 Å². The fourth-order valence-electron chi connectivity index (χ4n) is 1.33. The van der Waals surface area contributed by atoms with Crippen LogP contribution in [0.3, 0.4) is 0 Å². The molecule has 0 radical (unpaired) electrons. The van der Waals surface area contributed by atoms with Crippen molar-refractivity contribution >= 4 is 27.5 Å². The molecule has 0 heterocycles. The van der Waals surface area contributed by atoms with Gasteiger partial charge in [-0.3, -0.25) is 4.79 Å². The number of amides is 1. The number of nitrogens with one attached hydrogen (secondary N) is 1. The summed E-state index contributed by atoms with van der Waals surface area (Å²) in [6, 6.07) is 1.55. The first kappa shape index (κ1) is 16.0. The van der Waals surface area contributed by atoms with Gasteiger partial charge in [0.25, 0.3) is 0 Å². The lowest BCUT2D eigenvalue weighted by molar-refractivity contribution is -0.117. The lowest BCUT2D eigenvalue weighted by Gasteiger charge is -2.26. The van der Waals surface area contributed by atoms with Gasteiger partial charge in [0.2, 0.25) is 5.91 Å². The van der Waals surface area contributed by atoms with Gasteiger partial charge in [-0.25, -0.2) is 8.78 Å². The standard InChI is InChI=1S/C13H17BrF2N2O/c1-13(2,3)11(17)6-12(19)18-10-4-7(14)8(15)5-9(10)16/h4-5,11H,6,17H2,1-3H3,(H,18,19). The molecule has 1 aromatic rings. The van der Waals surface area contributed by atoms with E-state index in [4.69, 9.17) is 5.73 Å². The summed E-state index contributed by atoms with van der Waals surface area (Å²) in [4.78, 5) is 11.8. The quantitative estimate of drug-likeness (QED) is 0.832. The van der Waals surface area contributed by atoms with E-state index >= 15 is 0 Å². The fourth-order valence-corrected chi connectivity index (χ4v) is 1.67. The maximum Gasteiger partial charge on any atom is 0.226 e. The number of carbonyl (C=O) groups is 1. The van der Waals surface area contributed by atoms with Gasteiger partial charge in [-0.15, -0.1) is 0 Å².